The Kier molecular flexibility index (Phi) is 3.69. The lowest BCUT2D eigenvalue weighted by Gasteiger charge is -2.12. The highest BCUT2D eigenvalue weighted by Gasteiger charge is 2.34. The van der Waals surface area contributed by atoms with Crippen molar-refractivity contribution in [1.82, 2.24) is 0 Å². The summed E-state index contributed by atoms with van der Waals surface area (Å²) in [4.78, 5) is 0. The van der Waals surface area contributed by atoms with Crippen LogP contribution in [0.15, 0.2) is 12.1 Å². The molecule has 6 heteroatoms. The molecule has 0 aromatic heterocycles. The van der Waals surface area contributed by atoms with E-state index in [0.29, 0.717) is 0 Å². The molecule has 0 saturated heterocycles. The van der Waals surface area contributed by atoms with Crippen LogP contribution in [0.2, 0.25) is 0 Å². The number of aromatic hydroxyl groups is 1. The zero-order chi connectivity index (χ0) is 11.6. The molecular formula is C9H8F3IO2. The molecule has 0 aliphatic rings. The van der Waals surface area contributed by atoms with E-state index in [-0.39, 0.29) is 21.7 Å². The predicted molar refractivity (Wildman–Crippen MR) is 57.0 cm³/mol. The van der Waals surface area contributed by atoms with Gasteiger partial charge in [0.15, 0.2) is 11.5 Å². The van der Waals surface area contributed by atoms with E-state index in [1.807, 2.05) is 0 Å². The molecule has 0 atom stereocenters. The first-order valence-electron chi connectivity index (χ1n) is 4.08. The topological polar surface area (TPSA) is 29.5 Å². The van der Waals surface area contributed by atoms with Crippen molar-refractivity contribution in [3.05, 3.63) is 21.3 Å². The molecule has 0 fully saturated rings. The average Bonchev–Trinajstić information content (AvgIpc) is 2.07. The Morgan fingerprint density at radius 3 is 2.47 bits per heavy atom. The zero-order valence-electron chi connectivity index (χ0n) is 7.73. The molecule has 0 unspecified atom stereocenters. The van der Waals surface area contributed by atoms with Crippen LogP contribution in [-0.2, 0) is 6.18 Å². The Bertz CT molecular complexity index is 363. The maximum atomic E-state index is 12.5. The van der Waals surface area contributed by atoms with Gasteiger partial charge in [0, 0.05) is 3.57 Å². The number of benzene rings is 1. The van der Waals surface area contributed by atoms with Crippen LogP contribution < -0.4 is 4.74 Å². The molecule has 0 bridgehead atoms. The number of hydrogen-bond acceptors (Lipinski definition) is 2. The molecule has 2 nitrogen and oxygen atoms in total. The smallest absolute Gasteiger partial charge is 0.417 e. The summed E-state index contributed by atoms with van der Waals surface area (Å²) in [5.41, 5.74) is -0.802. The molecule has 1 rings (SSSR count). The minimum atomic E-state index is -4.43. The van der Waals surface area contributed by atoms with E-state index < -0.39 is 11.7 Å². The second-order valence-electron chi connectivity index (χ2n) is 2.73. The normalized spacial score (nSPS) is 11.5. The minimum absolute atomic E-state index is 0.0546. The average molecular weight is 332 g/mol. The van der Waals surface area contributed by atoms with Crippen molar-refractivity contribution < 1.29 is 23.0 Å². The van der Waals surface area contributed by atoms with E-state index in [2.05, 4.69) is 0 Å². The van der Waals surface area contributed by atoms with Crippen molar-refractivity contribution >= 4 is 22.6 Å². The quantitative estimate of drug-likeness (QED) is 0.841. The first kappa shape index (κ1) is 12.4. The SMILES string of the molecule is CCOc1cc(C(F)(F)F)c(I)cc1O. The Morgan fingerprint density at radius 2 is 2.00 bits per heavy atom. The zero-order valence-corrected chi connectivity index (χ0v) is 9.89. The third kappa shape index (κ3) is 2.90. The van der Waals surface area contributed by atoms with Gasteiger partial charge in [-0.15, -0.1) is 0 Å². The molecule has 0 amide bonds. The van der Waals surface area contributed by atoms with Gasteiger partial charge in [-0.25, -0.2) is 0 Å². The summed E-state index contributed by atoms with van der Waals surface area (Å²) in [5.74, 6) is -0.431. The lowest BCUT2D eigenvalue weighted by Crippen LogP contribution is -2.08. The molecule has 1 aromatic carbocycles. The van der Waals surface area contributed by atoms with Gasteiger partial charge in [0.05, 0.1) is 12.2 Å². The van der Waals surface area contributed by atoms with E-state index in [0.717, 1.165) is 12.1 Å². The lowest BCUT2D eigenvalue weighted by atomic mass is 10.2. The summed E-state index contributed by atoms with van der Waals surface area (Å²) in [7, 11) is 0. The van der Waals surface area contributed by atoms with Crippen molar-refractivity contribution in [2.75, 3.05) is 6.61 Å². The maximum absolute atomic E-state index is 12.5. The van der Waals surface area contributed by atoms with Crippen LogP contribution in [0.5, 0.6) is 11.5 Å². The summed E-state index contributed by atoms with van der Waals surface area (Å²) in [6, 6.07) is 1.84. The molecular weight excluding hydrogens is 324 g/mol. The summed E-state index contributed by atoms with van der Waals surface area (Å²) < 4.78 is 42.2. The number of halogens is 4. The minimum Gasteiger partial charge on any atom is -0.504 e. The molecule has 84 valence electrons. The van der Waals surface area contributed by atoms with Crippen molar-refractivity contribution in [3.8, 4) is 11.5 Å². The van der Waals surface area contributed by atoms with E-state index in [1.54, 1.807) is 6.92 Å². The summed E-state index contributed by atoms with van der Waals surface area (Å²) in [6.45, 7) is 1.83. The van der Waals surface area contributed by atoms with E-state index in [4.69, 9.17) is 4.74 Å². The molecule has 0 radical (unpaired) electrons. The van der Waals surface area contributed by atoms with Crippen molar-refractivity contribution in [2.24, 2.45) is 0 Å². The first-order chi connectivity index (χ1) is 6.86. The van der Waals surface area contributed by atoms with Crippen LogP contribution in [0.25, 0.3) is 0 Å². The van der Waals surface area contributed by atoms with E-state index in [1.165, 1.54) is 22.6 Å². The Hall–Kier alpha value is -0.660. The van der Waals surface area contributed by atoms with Crippen LogP contribution >= 0.6 is 22.6 Å². The van der Waals surface area contributed by atoms with Gasteiger partial charge in [0.2, 0.25) is 0 Å². The molecule has 0 aliphatic carbocycles. The molecule has 0 spiro atoms. The van der Waals surface area contributed by atoms with Crippen LogP contribution in [0, 0.1) is 3.57 Å². The monoisotopic (exact) mass is 332 g/mol. The van der Waals surface area contributed by atoms with Gasteiger partial charge >= 0.3 is 6.18 Å². The number of phenolic OH excluding ortho intramolecular Hbond substituents is 1. The molecule has 1 aromatic rings. The van der Waals surface area contributed by atoms with Crippen LogP contribution in [0.3, 0.4) is 0 Å². The van der Waals surface area contributed by atoms with Crippen molar-refractivity contribution in [1.29, 1.82) is 0 Å². The fourth-order valence-electron chi connectivity index (χ4n) is 1.03. The van der Waals surface area contributed by atoms with E-state index in [9.17, 15) is 18.3 Å². The molecule has 1 N–H and O–H groups in total. The fourth-order valence-corrected chi connectivity index (χ4v) is 1.79. The summed E-state index contributed by atoms with van der Waals surface area (Å²) >= 11 is 1.52. The Morgan fingerprint density at radius 1 is 1.40 bits per heavy atom. The van der Waals surface area contributed by atoms with E-state index >= 15 is 0 Å². The number of ether oxygens (including phenoxy) is 1. The summed E-state index contributed by atoms with van der Waals surface area (Å²) in [6.07, 6.45) is -4.43. The van der Waals surface area contributed by atoms with Gasteiger partial charge < -0.3 is 9.84 Å². The van der Waals surface area contributed by atoms with Gasteiger partial charge in [-0.3, -0.25) is 0 Å². The standard InChI is InChI=1S/C9H8F3IO2/c1-2-15-8-3-5(9(10,11)12)6(13)4-7(8)14/h3-4,14H,2H2,1H3. The maximum Gasteiger partial charge on any atom is 0.417 e. The number of alkyl halides is 3. The van der Waals surface area contributed by atoms with Crippen molar-refractivity contribution in [2.45, 2.75) is 13.1 Å². The number of phenols is 1. The van der Waals surface area contributed by atoms with Gasteiger partial charge in [0.1, 0.15) is 0 Å². The Balaban J connectivity index is 3.23. The second kappa shape index (κ2) is 4.46. The highest BCUT2D eigenvalue weighted by molar-refractivity contribution is 14.1. The number of hydrogen-bond donors (Lipinski definition) is 1. The van der Waals surface area contributed by atoms with Crippen molar-refractivity contribution in [3.63, 3.8) is 0 Å². The van der Waals surface area contributed by atoms with Gasteiger partial charge in [0.25, 0.3) is 0 Å². The van der Waals surface area contributed by atoms with Gasteiger partial charge in [-0.1, -0.05) is 0 Å². The summed E-state index contributed by atoms with van der Waals surface area (Å²) in [5, 5.41) is 9.32. The number of rotatable bonds is 2. The lowest BCUT2D eigenvalue weighted by molar-refractivity contribution is -0.138. The predicted octanol–water partition coefficient (Wildman–Crippen LogP) is 3.41. The molecule has 15 heavy (non-hydrogen) atoms. The third-order valence-corrected chi connectivity index (χ3v) is 2.55. The van der Waals surface area contributed by atoms with Gasteiger partial charge in [-0.05, 0) is 41.6 Å². The van der Waals surface area contributed by atoms with Crippen LogP contribution in [0.1, 0.15) is 12.5 Å². The van der Waals surface area contributed by atoms with Gasteiger partial charge in [-0.2, -0.15) is 13.2 Å². The third-order valence-electron chi connectivity index (χ3n) is 1.65. The largest absolute Gasteiger partial charge is 0.504 e. The second-order valence-corrected chi connectivity index (χ2v) is 3.89. The Labute approximate surface area is 98.2 Å². The molecule has 0 aliphatic heterocycles. The van der Waals surface area contributed by atoms with Crippen LogP contribution in [0.4, 0.5) is 13.2 Å². The highest BCUT2D eigenvalue weighted by atomic mass is 127. The fraction of sp³-hybridized carbons (Fsp3) is 0.333. The first-order valence-corrected chi connectivity index (χ1v) is 5.16. The highest BCUT2D eigenvalue weighted by Crippen LogP contribution is 2.39. The molecule has 0 heterocycles. The van der Waals surface area contributed by atoms with Crippen LogP contribution in [-0.4, -0.2) is 11.7 Å². The molecule has 0 saturated carbocycles.